The Morgan fingerprint density at radius 3 is 3.05 bits per heavy atom. The lowest BCUT2D eigenvalue weighted by molar-refractivity contribution is 0.0966. The van der Waals surface area contributed by atoms with Gasteiger partial charge in [0.05, 0.1) is 12.2 Å². The predicted octanol–water partition coefficient (Wildman–Crippen LogP) is 2.23. The van der Waals surface area contributed by atoms with Crippen molar-refractivity contribution in [2.24, 2.45) is 0 Å². The Labute approximate surface area is 124 Å². The number of halogens is 1. The lowest BCUT2D eigenvalue weighted by Gasteiger charge is -2.09. The van der Waals surface area contributed by atoms with Crippen molar-refractivity contribution in [3.63, 3.8) is 0 Å². The largest absolute Gasteiger partial charge is 0.346 e. The number of hydrogen-bond acceptors (Lipinski definition) is 6. The molecule has 0 fully saturated rings. The van der Waals surface area contributed by atoms with Crippen molar-refractivity contribution >= 4 is 40.9 Å². The van der Waals surface area contributed by atoms with Crippen LogP contribution in [0.25, 0.3) is 0 Å². The average molecular weight is 308 g/mol. The summed E-state index contributed by atoms with van der Waals surface area (Å²) in [6, 6.07) is 3.35. The Morgan fingerprint density at radius 2 is 2.30 bits per heavy atom. The van der Waals surface area contributed by atoms with Gasteiger partial charge in [0, 0.05) is 11.2 Å². The summed E-state index contributed by atoms with van der Waals surface area (Å²) in [6.07, 6.45) is 3.47. The first-order valence-corrected chi connectivity index (χ1v) is 7.39. The Hall–Kier alpha value is -1.86. The average Bonchev–Trinajstić information content (AvgIpc) is 2.80. The zero-order valence-corrected chi connectivity index (χ0v) is 12.0. The SMILES string of the molecule is CSc1nc2c(c(Nc3cc(Cl)ccn3)n1)C(=O)NC2. The third kappa shape index (κ3) is 2.41. The molecule has 8 heteroatoms. The van der Waals surface area contributed by atoms with E-state index in [1.54, 1.807) is 18.3 Å². The zero-order chi connectivity index (χ0) is 14.1. The van der Waals surface area contributed by atoms with Gasteiger partial charge in [0.25, 0.3) is 5.91 Å². The molecule has 2 N–H and O–H groups in total. The van der Waals surface area contributed by atoms with Gasteiger partial charge >= 0.3 is 0 Å². The molecule has 0 saturated heterocycles. The number of anilines is 2. The number of carbonyl (C=O) groups excluding carboxylic acids is 1. The van der Waals surface area contributed by atoms with Crippen LogP contribution < -0.4 is 10.6 Å². The molecule has 0 aromatic carbocycles. The predicted molar refractivity (Wildman–Crippen MR) is 77.5 cm³/mol. The topological polar surface area (TPSA) is 79.8 Å². The van der Waals surface area contributed by atoms with E-state index in [1.165, 1.54) is 11.8 Å². The summed E-state index contributed by atoms with van der Waals surface area (Å²) in [4.78, 5) is 24.7. The smallest absolute Gasteiger partial charge is 0.257 e. The Morgan fingerprint density at radius 1 is 1.45 bits per heavy atom. The van der Waals surface area contributed by atoms with Crippen molar-refractivity contribution in [2.45, 2.75) is 11.7 Å². The highest BCUT2D eigenvalue weighted by atomic mass is 35.5. The summed E-state index contributed by atoms with van der Waals surface area (Å²) in [5.41, 5.74) is 1.16. The van der Waals surface area contributed by atoms with Gasteiger partial charge in [-0.2, -0.15) is 0 Å². The minimum atomic E-state index is -0.183. The summed E-state index contributed by atoms with van der Waals surface area (Å²) < 4.78 is 0. The molecule has 102 valence electrons. The van der Waals surface area contributed by atoms with Gasteiger partial charge in [-0.25, -0.2) is 15.0 Å². The maximum Gasteiger partial charge on any atom is 0.257 e. The molecule has 1 aliphatic rings. The molecule has 20 heavy (non-hydrogen) atoms. The quantitative estimate of drug-likeness (QED) is 0.668. The molecule has 2 aromatic heterocycles. The van der Waals surface area contributed by atoms with Gasteiger partial charge in [-0.15, -0.1) is 0 Å². The molecule has 0 bridgehead atoms. The van der Waals surface area contributed by atoms with E-state index in [4.69, 9.17) is 11.6 Å². The third-order valence-electron chi connectivity index (χ3n) is 2.76. The number of nitrogens with zero attached hydrogens (tertiary/aromatic N) is 3. The molecule has 0 spiro atoms. The molecule has 0 atom stereocenters. The van der Waals surface area contributed by atoms with Crippen LogP contribution >= 0.6 is 23.4 Å². The minimum absolute atomic E-state index is 0.183. The second-order valence-electron chi connectivity index (χ2n) is 4.05. The molecule has 3 heterocycles. The molecule has 0 radical (unpaired) electrons. The molecule has 2 aromatic rings. The lowest BCUT2D eigenvalue weighted by atomic mass is 10.2. The first kappa shape index (κ1) is 13.1. The minimum Gasteiger partial charge on any atom is -0.346 e. The Kier molecular flexibility index (Phi) is 3.45. The number of pyridine rings is 1. The van der Waals surface area contributed by atoms with Crippen molar-refractivity contribution in [1.29, 1.82) is 0 Å². The summed E-state index contributed by atoms with van der Waals surface area (Å²) in [5.74, 6) is 0.798. The maximum absolute atomic E-state index is 11.9. The van der Waals surface area contributed by atoms with Crippen LogP contribution in [0, 0.1) is 0 Å². The number of thioether (sulfide) groups is 1. The van der Waals surface area contributed by atoms with E-state index in [2.05, 4.69) is 25.6 Å². The van der Waals surface area contributed by atoms with Crippen LogP contribution in [0.4, 0.5) is 11.6 Å². The van der Waals surface area contributed by atoms with Crippen molar-refractivity contribution in [1.82, 2.24) is 20.3 Å². The second kappa shape index (κ2) is 5.26. The Balaban J connectivity index is 2.04. The van der Waals surface area contributed by atoms with Crippen LogP contribution in [0.3, 0.4) is 0 Å². The second-order valence-corrected chi connectivity index (χ2v) is 5.26. The van der Waals surface area contributed by atoms with Gasteiger partial charge < -0.3 is 10.6 Å². The number of aromatic nitrogens is 3. The van der Waals surface area contributed by atoms with Crippen LogP contribution in [0.15, 0.2) is 23.5 Å². The molecule has 0 aliphatic carbocycles. The van der Waals surface area contributed by atoms with Gasteiger partial charge in [0.2, 0.25) is 0 Å². The Bertz CT molecular complexity index is 694. The molecule has 1 aliphatic heterocycles. The van der Waals surface area contributed by atoms with Gasteiger partial charge in [-0.05, 0) is 18.4 Å². The van der Waals surface area contributed by atoms with Gasteiger partial charge in [-0.3, -0.25) is 4.79 Å². The number of fused-ring (bicyclic) bond motifs is 1. The highest BCUT2D eigenvalue weighted by molar-refractivity contribution is 7.98. The normalized spacial score (nSPS) is 13.0. The van der Waals surface area contributed by atoms with Crippen LogP contribution in [-0.2, 0) is 6.54 Å². The van der Waals surface area contributed by atoms with Crippen LogP contribution in [0.5, 0.6) is 0 Å². The maximum atomic E-state index is 11.9. The molecular weight excluding hydrogens is 298 g/mol. The molecule has 0 unspecified atom stereocenters. The van der Waals surface area contributed by atoms with Crippen molar-refractivity contribution in [2.75, 3.05) is 11.6 Å². The van der Waals surface area contributed by atoms with Gasteiger partial charge in [0.15, 0.2) is 5.16 Å². The van der Waals surface area contributed by atoms with Crippen molar-refractivity contribution in [3.05, 3.63) is 34.6 Å². The summed E-state index contributed by atoms with van der Waals surface area (Å²) >= 11 is 7.34. The summed E-state index contributed by atoms with van der Waals surface area (Å²) in [6.45, 7) is 0.419. The van der Waals surface area contributed by atoms with Gasteiger partial charge in [0.1, 0.15) is 17.2 Å². The highest BCUT2D eigenvalue weighted by Gasteiger charge is 2.26. The molecule has 3 rings (SSSR count). The van der Waals surface area contributed by atoms with Crippen molar-refractivity contribution < 1.29 is 4.79 Å². The highest BCUT2D eigenvalue weighted by Crippen LogP contribution is 2.26. The first-order chi connectivity index (χ1) is 9.67. The van der Waals surface area contributed by atoms with E-state index < -0.39 is 0 Å². The van der Waals surface area contributed by atoms with E-state index in [0.29, 0.717) is 39.6 Å². The van der Waals surface area contributed by atoms with Gasteiger partial charge in [-0.1, -0.05) is 23.4 Å². The fourth-order valence-corrected chi connectivity index (χ4v) is 2.42. The monoisotopic (exact) mass is 307 g/mol. The summed E-state index contributed by atoms with van der Waals surface area (Å²) in [5, 5.41) is 6.93. The fourth-order valence-electron chi connectivity index (χ4n) is 1.88. The molecule has 6 nitrogen and oxygen atoms in total. The number of carbonyl (C=O) groups is 1. The van der Waals surface area contributed by atoms with E-state index in [-0.39, 0.29) is 5.91 Å². The lowest BCUT2D eigenvalue weighted by Crippen LogP contribution is -2.14. The van der Waals surface area contributed by atoms with E-state index in [0.717, 1.165) is 0 Å². The van der Waals surface area contributed by atoms with Crippen LogP contribution in [0.1, 0.15) is 16.1 Å². The van der Waals surface area contributed by atoms with E-state index in [1.807, 2.05) is 6.26 Å². The number of nitrogens with one attached hydrogen (secondary N) is 2. The first-order valence-electron chi connectivity index (χ1n) is 5.79. The molecule has 1 amide bonds. The summed E-state index contributed by atoms with van der Waals surface area (Å²) in [7, 11) is 0. The van der Waals surface area contributed by atoms with E-state index in [9.17, 15) is 4.79 Å². The number of amides is 1. The standard InChI is InChI=1S/C12H10ClN5OS/c1-20-12-16-7-5-15-11(19)9(7)10(18-12)17-8-4-6(13)2-3-14-8/h2-4H,5H2,1H3,(H,15,19)(H,14,16,17,18). The zero-order valence-electron chi connectivity index (χ0n) is 10.5. The van der Waals surface area contributed by atoms with Crippen molar-refractivity contribution in [3.8, 4) is 0 Å². The van der Waals surface area contributed by atoms with Crippen LogP contribution in [-0.4, -0.2) is 27.1 Å². The van der Waals surface area contributed by atoms with E-state index >= 15 is 0 Å². The van der Waals surface area contributed by atoms with Crippen LogP contribution in [0.2, 0.25) is 5.02 Å². The molecular formula is C12H10ClN5OS. The third-order valence-corrected chi connectivity index (χ3v) is 3.54. The number of rotatable bonds is 3. The fraction of sp³-hybridized carbons (Fsp3) is 0.167. The number of hydrogen-bond donors (Lipinski definition) is 2. The molecule has 0 saturated carbocycles.